The van der Waals surface area contributed by atoms with Gasteiger partial charge in [0, 0.05) is 24.9 Å². The lowest BCUT2D eigenvalue weighted by Crippen LogP contribution is -2.31. The largest absolute Gasteiger partial charge is 0.327 e. The lowest BCUT2D eigenvalue weighted by Gasteiger charge is -2.39. The van der Waals surface area contributed by atoms with Crippen LogP contribution in [-0.2, 0) is 13.0 Å². The SMILES string of the molecule is Cc1cc2c(cc1F)nc(CCCl)n2CC1(C)CCC1. The number of alkyl halides is 1. The first-order valence-electron chi connectivity index (χ1n) is 7.24. The number of benzene rings is 1. The number of nitrogens with zero attached hydrogens (tertiary/aromatic N) is 2. The summed E-state index contributed by atoms with van der Waals surface area (Å²) < 4.78 is 16.0. The maximum atomic E-state index is 13.7. The third-order valence-electron chi connectivity index (χ3n) is 4.53. The molecule has 1 saturated carbocycles. The standard InChI is InChI=1S/C16H20ClFN2/c1-11-8-14-13(9-12(11)18)19-15(4-7-17)20(14)10-16(2)5-3-6-16/h8-9H,3-7,10H2,1-2H3. The first kappa shape index (κ1) is 13.9. The summed E-state index contributed by atoms with van der Waals surface area (Å²) in [5.74, 6) is 1.34. The van der Waals surface area contributed by atoms with Crippen LogP contribution in [-0.4, -0.2) is 15.4 Å². The van der Waals surface area contributed by atoms with Crippen LogP contribution >= 0.6 is 11.6 Å². The molecule has 0 atom stereocenters. The van der Waals surface area contributed by atoms with Gasteiger partial charge in [0.05, 0.1) is 11.0 Å². The molecule has 2 nitrogen and oxygen atoms in total. The Morgan fingerprint density at radius 1 is 1.40 bits per heavy atom. The minimum atomic E-state index is -0.186. The van der Waals surface area contributed by atoms with Crippen molar-refractivity contribution in [1.29, 1.82) is 0 Å². The van der Waals surface area contributed by atoms with Crippen LogP contribution in [0.25, 0.3) is 11.0 Å². The third kappa shape index (κ3) is 2.32. The molecule has 0 spiro atoms. The quantitative estimate of drug-likeness (QED) is 0.762. The Morgan fingerprint density at radius 3 is 2.75 bits per heavy atom. The van der Waals surface area contributed by atoms with Crippen molar-refractivity contribution in [2.75, 3.05) is 5.88 Å². The summed E-state index contributed by atoms with van der Waals surface area (Å²) in [4.78, 5) is 4.59. The summed E-state index contributed by atoms with van der Waals surface area (Å²) in [5.41, 5.74) is 2.82. The minimum absolute atomic E-state index is 0.186. The van der Waals surface area contributed by atoms with Crippen LogP contribution in [0.3, 0.4) is 0 Å². The molecule has 1 fully saturated rings. The Bertz CT molecular complexity index is 643. The maximum absolute atomic E-state index is 13.7. The van der Waals surface area contributed by atoms with Crippen molar-refractivity contribution < 1.29 is 4.39 Å². The molecule has 1 aromatic heterocycles. The number of imidazole rings is 1. The van der Waals surface area contributed by atoms with E-state index >= 15 is 0 Å². The van der Waals surface area contributed by atoms with Crippen LogP contribution in [0, 0.1) is 18.2 Å². The number of hydrogen-bond donors (Lipinski definition) is 0. The summed E-state index contributed by atoms with van der Waals surface area (Å²) in [5, 5.41) is 0. The average molecular weight is 295 g/mol. The fraction of sp³-hybridized carbons (Fsp3) is 0.562. The molecule has 0 unspecified atom stereocenters. The Hall–Kier alpha value is -1.09. The molecule has 3 rings (SSSR count). The molecule has 4 heteroatoms. The summed E-state index contributed by atoms with van der Waals surface area (Å²) in [6, 6.07) is 3.46. The van der Waals surface area contributed by atoms with Crippen molar-refractivity contribution >= 4 is 22.6 Å². The predicted molar refractivity (Wildman–Crippen MR) is 80.8 cm³/mol. The fourth-order valence-corrected chi connectivity index (χ4v) is 3.24. The molecule has 20 heavy (non-hydrogen) atoms. The number of halogens is 2. The second-order valence-corrected chi connectivity index (χ2v) is 6.69. The van der Waals surface area contributed by atoms with Crippen LogP contribution < -0.4 is 0 Å². The molecule has 1 aromatic carbocycles. The molecular formula is C16H20ClFN2. The van der Waals surface area contributed by atoms with Crippen molar-refractivity contribution in [3.05, 3.63) is 29.3 Å². The smallest absolute Gasteiger partial charge is 0.128 e. The van der Waals surface area contributed by atoms with E-state index < -0.39 is 0 Å². The van der Waals surface area contributed by atoms with Gasteiger partial charge < -0.3 is 4.57 Å². The van der Waals surface area contributed by atoms with Gasteiger partial charge in [-0.05, 0) is 36.8 Å². The highest BCUT2D eigenvalue weighted by Crippen LogP contribution is 2.42. The number of aryl methyl sites for hydroxylation is 2. The van der Waals surface area contributed by atoms with E-state index in [2.05, 4.69) is 16.5 Å². The third-order valence-corrected chi connectivity index (χ3v) is 4.72. The summed E-state index contributed by atoms with van der Waals surface area (Å²) >= 11 is 5.89. The van der Waals surface area contributed by atoms with Crippen LogP contribution in [0.15, 0.2) is 12.1 Å². The highest BCUT2D eigenvalue weighted by molar-refractivity contribution is 6.17. The van der Waals surface area contributed by atoms with Crippen molar-refractivity contribution in [1.82, 2.24) is 9.55 Å². The Kier molecular flexibility index (Phi) is 3.49. The maximum Gasteiger partial charge on any atom is 0.128 e. The molecule has 0 amide bonds. The normalized spacial score (nSPS) is 17.4. The van der Waals surface area contributed by atoms with E-state index in [9.17, 15) is 4.39 Å². The van der Waals surface area contributed by atoms with Crippen molar-refractivity contribution in [2.45, 2.75) is 46.1 Å². The molecule has 0 saturated heterocycles. The zero-order valence-electron chi connectivity index (χ0n) is 12.0. The summed E-state index contributed by atoms with van der Waals surface area (Å²) in [6.45, 7) is 5.09. The second kappa shape index (κ2) is 5.03. The molecular weight excluding hydrogens is 275 g/mol. The predicted octanol–water partition coefficient (Wildman–Crippen LogP) is 4.46. The van der Waals surface area contributed by atoms with Gasteiger partial charge in [0.2, 0.25) is 0 Å². The van der Waals surface area contributed by atoms with Crippen LogP contribution in [0.2, 0.25) is 0 Å². The number of fused-ring (bicyclic) bond motifs is 1. The summed E-state index contributed by atoms with van der Waals surface area (Å²) in [7, 11) is 0. The molecule has 0 N–H and O–H groups in total. The van der Waals surface area contributed by atoms with Gasteiger partial charge in [-0.3, -0.25) is 0 Å². The van der Waals surface area contributed by atoms with Gasteiger partial charge in [-0.2, -0.15) is 0 Å². The highest BCUT2D eigenvalue weighted by Gasteiger charge is 2.33. The number of aromatic nitrogens is 2. The van der Waals surface area contributed by atoms with Crippen LogP contribution in [0.4, 0.5) is 4.39 Å². The van der Waals surface area contributed by atoms with E-state index in [4.69, 9.17) is 11.6 Å². The Labute approximate surface area is 123 Å². The van der Waals surface area contributed by atoms with E-state index in [1.165, 1.54) is 19.3 Å². The zero-order chi connectivity index (χ0) is 14.3. The Balaban J connectivity index is 2.10. The van der Waals surface area contributed by atoms with Gasteiger partial charge in [-0.1, -0.05) is 13.3 Å². The number of rotatable bonds is 4. The fourth-order valence-electron chi connectivity index (χ4n) is 3.07. The molecule has 1 aliphatic carbocycles. The van der Waals surface area contributed by atoms with E-state index in [1.807, 2.05) is 6.07 Å². The zero-order valence-corrected chi connectivity index (χ0v) is 12.8. The van der Waals surface area contributed by atoms with E-state index in [0.29, 0.717) is 16.9 Å². The van der Waals surface area contributed by atoms with Gasteiger partial charge in [0.1, 0.15) is 11.6 Å². The van der Waals surface area contributed by atoms with Crippen molar-refractivity contribution in [2.24, 2.45) is 5.41 Å². The van der Waals surface area contributed by atoms with Gasteiger partial charge in [-0.15, -0.1) is 11.6 Å². The highest BCUT2D eigenvalue weighted by atomic mass is 35.5. The van der Waals surface area contributed by atoms with Gasteiger partial charge in [0.15, 0.2) is 0 Å². The molecule has 0 aliphatic heterocycles. The monoisotopic (exact) mass is 294 g/mol. The molecule has 108 valence electrons. The topological polar surface area (TPSA) is 17.8 Å². The Morgan fingerprint density at radius 2 is 2.15 bits per heavy atom. The van der Waals surface area contributed by atoms with E-state index in [-0.39, 0.29) is 5.82 Å². The minimum Gasteiger partial charge on any atom is -0.327 e. The van der Waals surface area contributed by atoms with Crippen LogP contribution in [0.1, 0.15) is 37.6 Å². The molecule has 1 aliphatic rings. The lowest BCUT2D eigenvalue weighted by atomic mass is 9.70. The number of hydrogen-bond acceptors (Lipinski definition) is 1. The molecule has 0 radical (unpaired) electrons. The van der Waals surface area contributed by atoms with Crippen LogP contribution in [0.5, 0.6) is 0 Å². The first-order valence-corrected chi connectivity index (χ1v) is 7.77. The summed E-state index contributed by atoms with van der Waals surface area (Å²) in [6.07, 6.45) is 4.55. The van der Waals surface area contributed by atoms with Gasteiger partial charge in [0.25, 0.3) is 0 Å². The van der Waals surface area contributed by atoms with E-state index in [0.717, 1.165) is 29.8 Å². The van der Waals surface area contributed by atoms with Gasteiger partial charge >= 0.3 is 0 Å². The second-order valence-electron chi connectivity index (χ2n) is 6.31. The van der Waals surface area contributed by atoms with Gasteiger partial charge in [-0.25, -0.2) is 9.37 Å². The molecule has 2 aromatic rings. The molecule has 0 bridgehead atoms. The van der Waals surface area contributed by atoms with Crippen molar-refractivity contribution in [3.63, 3.8) is 0 Å². The van der Waals surface area contributed by atoms with Crippen molar-refractivity contribution in [3.8, 4) is 0 Å². The van der Waals surface area contributed by atoms with E-state index in [1.54, 1.807) is 13.0 Å². The lowest BCUT2D eigenvalue weighted by molar-refractivity contribution is 0.132. The average Bonchev–Trinajstić information content (AvgIpc) is 2.67. The molecule has 1 heterocycles. The first-order chi connectivity index (χ1) is 9.52.